The van der Waals surface area contributed by atoms with Gasteiger partial charge >= 0.3 is 0 Å². The number of aliphatic hydroxyl groups excluding tert-OH is 1. The lowest BCUT2D eigenvalue weighted by molar-refractivity contribution is 0.0601. The molecule has 0 aromatic heterocycles. The van der Waals surface area contributed by atoms with E-state index < -0.39 is 5.54 Å². The number of carbonyl (C=O) groups excluding carboxylic acids is 1. The van der Waals surface area contributed by atoms with E-state index in [0.29, 0.717) is 18.2 Å². The predicted molar refractivity (Wildman–Crippen MR) is 135 cm³/mol. The van der Waals surface area contributed by atoms with Gasteiger partial charge < -0.3 is 20.1 Å². The van der Waals surface area contributed by atoms with Crippen LogP contribution in [0.3, 0.4) is 0 Å². The number of aliphatic hydroxyl groups is 1. The molecular weight excluding hydrogens is 426 g/mol. The Labute approximate surface area is 203 Å². The standard InChI is InChI=1S/C28H39N3O3/c1-23-7-5-16-31(23)17-6-20-34-26-12-10-25(11-13-26)27(33)29-28(22-32)14-18-30(19-15-28)21-24-8-3-2-4-9-24/h2-4,8-13,23,32H,5-7,14-22H2,1H3,(H,29,33). The molecule has 2 heterocycles. The van der Waals surface area contributed by atoms with Crippen LogP contribution in [0.1, 0.15) is 54.9 Å². The average molecular weight is 466 g/mol. The maximum Gasteiger partial charge on any atom is 0.251 e. The second-order valence-electron chi connectivity index (χ2n) is 9.91. The molecular formula is C28H39N3O3. The van der Waals surface area contributed by atoms with Crippen molar-refractivity contribution in [2.24, 2.45) is 0 Å². The fourth-order valence-electron chi connectivity index (χ4n) is 5.10. The molecule has 34 heavy (non-hydrogen) atoms. The number of nitrogens with zero attached hydrogens (tertiary/aromatic N) is 2. The zero-order valence-electron chi connectivity index (χ0n) is 20.4. The Hall–Kier alpha value is -2.41. The Balaban J connectivity index is 1.22. The van der Waals surface area contributed by atoms with Gasteiger partial charge in [-0.25, -0.2) is 0 Å². The summed E-state index contributed by atoms with van der Waals surface area (Å²) in [4.78, 5) is 17.8. The summed E-state index contributed by atoms with van der Waals surface area (Å²) in [6.45, 7) is 7.80. The van der Waals surface area contributed by atoms with Crippen molar-refractivity contribution in [3.63, 3.8) is 0 Å². The van der Waals surface area contributed by atoms with Crippen LogP contribution in [0.15, 0.2) is 54.6 Å². The van der Waals surface area contributed by atoms with Crippen LogP contribution in [0.4, 0.5) is 0 Å². The van der Waals surface area contributed by atoms with Crippen molar-refractivity contribution in [1.82, 2.24) is 15.1 Å². The fourth-order valence-corrected chi connectivity index (χ4v) is 5.10. The third-order valence-corrected chi connectivity index (χ3v) is 7.41. The molecule has 2 aliphatic heterocycles. The number of ether oxygens (including phenoxy) is 1. The van der Waals surface area contributed by atoms with Crippen LogP contribution in [0, 0.1) is 0 Å². The highest BCUT2D eigenvalue weighted by Crippen LogP contribution is 2.24. The van der Waals surface area contributed by atoms with Crippen molar-refractivity contribution in [2.45, 2.75) is 57.2 Å². The minimum absolute atomic E-state index is 0.0469. The van der Waals surface area contributed by atoms with Gasteiger partial charge in [0.2, 0.25) is 0 Å². The average Bonchev–Trinajstić information content (AvgIpc) is 3.28. The zero-order valence-corrected chi connectivity index (χ0v) is 20.4. The highest BCUT2D eigenvalue weighted by molar-refractivity contribution is 5.94. The van der Waals surface area contributed by atoms with Gasteiger partial charge in [-0.3, -0.25) is 9.69 Å². The van der Waals surface area contributed by atoms with Gasteiger partial charge in [0.15, 0.2) is 0 Å². The van der Waals surface area contributed by atoms with Crippen LogP contribution in [0.5, 0.6) is 5.75 Å². The summed E-state index contributed by atoms with van der Waals surface area (Å²) in [7, 11) is 0. The van der Waals surface area contributed by atoms with Crippen molar-refractivity contribution >= 4 is 5.91 Å². The van der Waals surface area contributed by atoms with E-state index in [1.165, 1.54) is 24.9 Å². The fraction of sp³-hybridized carbons (Fsp3) is 0.536. The van der Waals surface area contributed by atoms with E-state index in [4.69, 9.17) is 4.74 Å². The Morgan fingerprint density at radius 3 is 2.47 bits per heavy atom. The first-order valence-corrected chi connectivity index (χ1v) is 12.7. The molecule has 1 atom stereocenters. The van der Waals surface area contributed by atoms with E-state index in [0.717, 1.165) is 51.2 Å². The van der Waals surface area contributed by atoms with E-state index in [2.05, 4.69) is 46.3 Å². The van der Waals surface area contributed by atoms with Crippen LogP contribution >= 0.6 is 0 Å². The molecule has 2 aromatic carbocycles. The first-order chi connectivity index (χ1) is 16.6. The van der Waals surface area contributed by atoms with Gasteiger partial charge in [-0.2, -0.15) is 0 Å². The van der Waals surface area contributed by atoms with Crippen molar-refractivity contribution in [3.05, 3.63) is 65.7 Å². The molecule has 6 nitrogen and oxygen atoms in total. The molecule has 1 unspecified atom stereocenters. The maximum atomic E-state index is 12.9. The highest BCUT2D eigenvalue weighted by Gasteiger charge is 2.35. The van der Waals surface area contributed by atoms with E-state index >= 15 is 0 Å². The van der Waals surface area contributed by atoms with Gasteiger partial charge in [-0.05, 0) is 75.4 Å². The third-order valence-electron chi connectivity index (χ3n) is 7.41. The lowest BCUT2D eigenvalue weighted by atomic mass is 9.87. The van der Waals surface area contributed by atoms with Crippen LogP contribution in [0.25, 0.3) is 0 Å². The van der Waals surface area contributed by atoms with Crippen molar-refractivity contribution in [1.29, 1.82) is 0 Å². The first-order valence-electron chi connectivity index (χ1n) is 12.7. The lowest BCUT2D eigenvalue weighted by Gasteiger charge is -2.41. The number of hydrogen-bond donors (Lipinski definition) is 2. The minimum atomic E-state index is -0.563. The maximum absolute atomic E-state index is 12.9. The summed E-state index contributed by atoms with van der Waals surface area (Å²) in [5, 5.41) is 13.2. The second kappa shape index (κ2) is 11.8. The molecule has 0 bridgehead atoms. The minimum Gasteiger partial charge on any atom is -0.494 e. The van der Waals surface area contributed by atoms with Gasteiger partial charge in [0.25, 0.3) is 5.91 Å². The van der Waals surface area contributed by atoms with Crippen LogP contribution in [-0.4, -0.2) is 71.8 Å². The van der Waals surface area contributed by atoms with E-state index in [9.17, 15) is 9.90 Å². The summed E-state index contributed by atoms with van der Waals surface area (Å²) >= 11 is 0. The van der Waals surface area contributed by atoms with E-state index in [1.807, 2.05) is 30.3 Å². The number of benzene rings is 2. The number of amides is 1. The van der Waals surface area contributed by atoms with Crippen molar-refractivity contribution < 1.29 is 14.6 Å². The SMILES string of the molecule is CC1CCCN1CCCOc1ccc(C(=O)NC2(CO)CCN(Cc3ccccc3)CC2)cc1. The molecule has 6 heteroatoms. The molecule has 0 radical (unpaired) electrons. The van der Waals surface area contributed by atoms with Gasteiger partial charge in [-0.1, -0.05) is 30.3 Å². The van der Waals surface area contributed by atoms with Gasteiger partial charge in [0.05, 0.1) is 18.8 Å². The number of piperidine rings is 1. The van der Waals surface area contributed by atoms with E-state index in [1.54, 1.807) is 0 Å². The van der Waals surface area contributed by atoms with Gasteiger partial charge in [0, 0.05) is 37.8 Å². The van der Waals surface area contributed by atoms with Crippen LogP contribution in [-0.2, 0) is 6.54 Å². The Morgan fingerprint density at radius 1 is 1.09 bits per heavy atom. The first kappa shape index (κ1) is 24.7. The highest BCUT2D eigenvalue weighted by atomic mass is 16.5. The molecule has 0 spiro atoms. The second-order valence-corrected chi connectivity index (χ2v) is 9.91. The predicted octanol–water partition coefficient (Wildman–Crippen LogP) is 3.70. The number of hydrogen-bond acceptors (Lipinski definition) is 5. The Kier molecular flexibility index (Phi) is 8.59. The van der Waals surface area contributed by atoms with Gasteiger partial charge in [0.1, 0.15) is 5.75 Å². The summed E-state index contributed by atoms with van der Waals surface area (Å²) in [5.41, 5.74) is 1.32. The van der Waals surface area contributed by atoms with Crippen LogP contribution in [0.2, 0.25) is 0 Å². The smallest absolute Gasteiger partial charge is 0.251 e. The molecule has 2 aromatic rings. The lowest BCUT2D eigenvalue weighted by Crippen LogP contribution is -2.57. The third kappa shape index (κ3) is 6.59. The Bertz CT molecular complexity index is 895. The summed E-state index contributed by atoms with van der Waals surface area (Å²) in [6.07, 6.45) is 5.08. The zero-order chi connectivity index (χ0) is 23.8. The summed E-state index contributed by atoms with van der Waals surface area (Å²) < 4.78 is 5.88. The summed E-state index contributed by atoms with van der Waals surface area (Å²) in [6, 6.07) is 18.4. The normalized spacial score (nSPS) is 20.8. The molecule has 4 rings (SSSR count). The Morgan fingerprint density at radius 2 is 1.82 bits per heavy atom. The topological polar surface area (TPSA) is 65.0 Å². The van der Waals surface area contributed by atoms with Crippen LogP contribution < -0.4 is 10.1 Å². The molecule has 2 fully saturated rings. The number of likely N-dealkylation sites (tertiary alicyclic amines) is 2. The molecule has 2 aliphatic rings. The molecule has 2 N–H and O–H groups in total. The number of nitrogens with one attached hydrogen (secondary N) is 1. The monoisotopic (exact) mass is 465 g/mol. The van der Waals surface area contributed by atoms with Crippen molar-refractivity contribution in [3.8, 4) is 5.75 Å². The summed E-state index contributed by atoms with van der Waals surface area (Å²) in [5.74, 6) is 0.650. The molecule has 2 saturated heterocycles. The van der Waals surface area contributed by atoms with Crippen molar-refractivity contribution in [2.75, 3.05) is 39.4 Å². The molecule has 0 saturated carbocycles. The van der Waals surface area contributed by atoms with E-state index in [-0.39, 0.29) is 12.5 Å². The molecule has 0 aliphatic carbocycles. The molecule has 1 amide bonds. The quantitative estimate of drug-likeness (QED) is 0.524. The largest absolute Gasteiger partial charge is 0.494 e. The van der Waals surface area contributed by atoms with Gasteiger partial charge in [-0.15, -0.1) is 0 Å². The number of rotatable bonds is 10. The number of carbonyl (C=O) groups is 1. The molecule has 184 valence electrons.